The van der Waals surface area contributed by atoms with Crippen LogP contribution in [0.15, 0.2) is 165 Å². The molecule has 0 spiro atoms. The summed E-state index contributed by atoms with van der Waals surface area (Å²) in [6, 6.07) is 46.1. The molecule has 49 heavy (non-hydrogen) atoms. The SMILES string of the molecule is C=CC=C.Cc1ccc(N(c2ccccc2)c2ccc3c(c2)C(=O)c2ccc(N(c4ccc(C)cc4)c4ccc(C)cc4)cc2C3=O)cc1. The van der Waals surface area contributed by atoms with Gasteiger partial charge in [0.15, 0.2) is 11.6 Å². The molecule has 0 atom stereocenters. The average Bonchev–Trinajstić information content (AvgIpc) is 3.14. The van der Waals surface area contributed by atoms with Crippen molar-refractivity contribution >= 4 is 45.7 Å². The predicted molar refractivity (Wildman–Crippen MR) is 204 cm³/mol. The molecule has 0 amide bonds. The molecular formula is C45H38N2O2. The van der Waals surface area contributed by atoms with Crippen LogP contribution in [0.5, 0.6) is 0 Å². The molecule has 240 valence electrons. The first-order chi connectivity index (χ1) is 23.8. The van der Waals surface area contributed by atoms with Crippen LogP contribution in [-0.4, -0.2) is 11.6 Å². The van der Waals surface area contributed by atoms with Gasteiger partial charge in [0.1, 0.15) is 0 Å². The van der Waals surface area contributed by atoms with E-state index in [-0.39, 0.29) is 11.6 Å². The third-order valence-corrected chi connectivity index (χ3v) is 8.56. The first-order valence-electron chi connectivity index (χ1n) is 16.3. The Morgan fingerprint density at radius 3 is 1.02 bits per heavy atom. The minimum absolute atomic E-state index is 0.151. The van der Waals surface area contributed by atoms with Crippen molar-refractivity contribution in [3.8, 4) is 0 Å². The highest BCUT2D eigenvalue weighted by atomic mass is 16.1. The van der Waals surface area contributed by atoms with E-state index in [1.54, 1.807) is 24.3 Å². The molecule has 0 unspecified atom stereocenters. The minimum Gasteiger partial charge on any atom is -0.310 e. The van der Waals surface area contributed by atoms with E-state index in [0.717, 1.165) is 50.8 Å². The van der Waals surface area contributed by atoms with E-state index in [2.05, 4.69) is 117 Å². The number of carbonyl (C=O) groups is 2. The lowest BCUT2D eigenvalue weighted by Gasteiger charge is -2.28. The van der Waals surface area contributed by atoms with Gasteiger partial charge in [-0.25, -0.2) is 0 Å². The number of anilines is 6. The number of nitrogens with zero attached hydrogens (tertiary/aromatic N) is 2. The minimum atomic E-state index is -0.151. The summed E-state index contributed by atoms with van der Waals surface area (Å²) in [5, 5.41) is 0. The summed E-state index contributed by atoms with van der Waals surface area (Å²) in [7, 11) is 0. The van der Waals surface area contributed by atoms with Gasteiger partial charge in [-0.2, -0.15) is 0 Å². The fourth-order valence-electron chi connectivity index (χ4n) is 5.96. The number of benzene rings is 6. The zero-order valence-corrected chi connectivity index (χ0v) is 28.1. The van der Waals surface area contributed by atoms with Crippen LogP contribution in [0.3, 0.4) is 0 Å². The monoisotopic (exact) mass is 638 g/mol. The van der Waals surface area contributed by atoms with Gasteiger partial charge in [-0.1, -0.05) is 96.6 Å². The molecular weight excluding hydrogens is 601 g/mol. The standard InChI is InChI=1S/C41H32N2O2.C4H6/c1-27-9-15-31(16-10-27)42(30-7-5-4-6-8-30)34-21-23-36-38(25-34)40(44)37-24-22-35(26-39(37)41(36)45)43(32-17-11-28(2)12-18-32)33-19-13-29(3)14-20-33;1-3-4-2/h4-26H,1-3H3;3-4H,1-2H2. The van der Waals surface area contributed by atoms with E-state index in [1.165, 1.54) is 0 Å². The highest BCUT2D eigenvalue weighted by molar-refractivity contribution is 6.29. The summed E-state index contributed by atoms with van der Waals surface area (Å²) in [6.45, 7) is 12.9. The number of carbonyl (C=O) groups excluding carboxylic acids is 2. The van der Waals surface area contributed by atoms with Crippen LogP contribution >= 0.6 is 0 Å². The lowest BCUT2D eigenvalue weighted by atomic mass is 9.83. The van der Waals surface area contributed by atoms with Gasteiger partial charge in [-0.05, 0) is 106 Å². The molecule has 0 bridgehead atoms. The van der Waals surface area contributed by atoms with Gasteiger partial charge in [0.05, 0.1) is 0 Å². The Balaban J connectivity index is 0.000000989. The van der Waals surface area contributed by atoms with Crippen LogP contribution in [0.1, 0.15) is 48.5 Å². The molecule has 0 N–H and O–H groups in total. The lowest BCUT2D eigenvalue weighted by Crippen LogP contribution is -2.22. The molecule has 0 aromatic heterocycles. The van der Waals surface area contributed by atoms with Gasteiger partial charge in [-0.3, -0.25) is 9.59 Å². The van der Waals surface area contributed by atoms with Gasteiger partial charge in [0, 0.05) is 56.4 Å². The molecule has 0 aliphatic heterocycles. The van der Waals surface area contributed by atoms with Crippen molar-refractivity contribution < 1.29 is 9.59 Å². The van der Waals surface area contributed by atoms with E-state index in [1.807, 2.05) is 54.6 Å². The Morgan fingerprint density at radius 1 is 0.388 bits per heavy atom. The molecule has 0 radical (unpaired) electrons. The Labute approximate surface area is 288 Å². The molecule has 0 heterocycles. The zero-order chi connectivity index (χ0) is 34.5. The number of allylic oxidation sites excluding steroid dienone is 2. The molecule has 6 aromatic rings. The average molecular weight is 639 g/mol. The number of aryl methyl sites for hydroxylation is 3. The Bertz CT molecular complexity index is 2100. The van der Waals surface area contributed by atoms with Crippen LogP contribution < -0.4 is 9.80 Å². The second-order valence-electron chi connectivity index (χ2n) is 12.1. The molecule has 0 saturated heterocycles. The first kappa shape index (κ1) is 32.7. The number of para-hydroxylation sites is 1. The van der Waals surface area contributed by atoms with Crippen LogP contribution in [0.4, 0.5) is 34.1 Å². The smallest absolute Gasteiger partial charge is 0.194 e. The Hall–Kier alpha value is -6.26. The van der Waals surface area contributed by atoms with E-state index in [9.17, 15) is 9.59 Å². The molecule has 4 heteroatoms. The fourth-order valence-corrected chi connectivity index (χ4v) is 5.96. The van der Waals surface area contributed by atoms with Crippen LogP contribution in [0.25, 0.3) is 0 Å². The number of rotatable bonds is 7. The molecule has 7 rings (SSSR count). The van der Waals surface area contributed by atoms with Crippen LogP contribution in [0.2, 0.25) is 0 Å². The van der Waals surface area contributed by atoms with Crippen molar-refractivity contribution in [1.29, 1.82) is 0 Å². The summed E-state index contributed by atoms with van der Waals surface area (Å²) < 4.78 is 0. The van der Waals surface area contributed by atoms with Crippen molar-refractivity contribution in [2.24, 2.45) is 0 Å². The second kappa shape index (κ2) is 14.2. The number of hydrogen-bond donors (Lipinski definition) is 0. The maximum Gasteiger partial charge on any atom is 0.194 e. The van der Waals surface area contributed by atoms with Gasteiger partial charge < -0.3 is 9.80 Å². The van der Waals surface area contributed by atoms with Crippen molar-refractivity contribution in [2.75, 3.05) is 9.80 Å². The Morgan fingerprint density at radius 2 is 0.694 bits per heavy atom. The van der Waals surface area contributed by atoms with Crippen molar-refractivity contribution in [3.05, 3.63) is 204 Å². The third-order valence-electron chi connectivity index (χ3n) is 8.56. The lowest BCUT2D eigenvalue weighted by molar-refractivity contribution is 0.0979. The first-order valence-corrected chi connectivity index (χ1v) is 16.3. The number of ketones is 2. The molecule has 1 aliphatic rings. The molecule has 0 fully saturated rings. The van der Waals surface area contributed by atoms with Gasteiger partial charge in [0.2, 0.25) is 0 Å². The van der Waals surface area contributed by atoms with E-state index >= 15 is 0 Å². The quantitative estimate of drug-likeness (QED) is 0.163. The fraction of sp³-hybridized carbons (Fsp3) is 0.0667. The normalized spacial score (nSPS) is 11.4. The predicted octanol–water partition coefficient (Wildman–Crippen LogP) is 11.7. The van der Waals surface area contributed by atoms with E-state index < -0.39 is 0 Å². The van der Waals surface area contributed by atoms with Crippen molar-refractivity contribution in [2.45, 2.75) is 20.8 Å². The highest BCUT2D eigenvalue weighted by Crippen LogP contribution is 2.40. The molecule has 1 aliphatic carbocycles. The maximum atomic E-state index is 14.1. The number of fused-ring (bicyclic) bond motifs is 2. The Kier molecular flexibility index (Phi) is 9.50. The molecule has 4 nitrogen and oxygen atoms in total. The summed E-state index contributed by atoms with van der Waals surface area (Å²) in [5.41, 5.74) is 10.7. The molecule has 6 aromatic carbocycles. The summed E-state index contributed by atoms with van der Waals surface area (Å²) in [6.07, 6.45) is 3.28. The van der Waals surface area contributed by atoms with Gasteiger partial charge >= 0.3 is 0 Å². The van der Waals surface area contributed by atoms with E-state index in [4.69, 9.17) is 0 Å². The van der Waals surface area contributed by atoms with E-state index in [0.29, 0.717) is 22.3 Å². The van der Waals surface area contributed by atoms with Crippen molar-refractivity contribution in [3.63, 3.8) is 0 Å². The maximum absolute atomic E-state index is 14.1. The largest absolute Gasteiger partial charge is 0.310 e. The van der Waals surface area contributed by atoms with Crippen molar-refractivity contribution in [1.82, 2.24) is 0 Å². The van der Waals surface area contributed by atoms with Crippen LogP contribution in [0, 0.1) is 20.8 Å². The van der Waals surface area contributed by atoms with Crippen LogP contribution in [-0.2, 0) is 0 Å². The third kappa shape index (κ3) is 6.76. The summed E-state index contributed by atoms with van der Waals surface area (Å²) in [4.78, 5) is 32.4. The highest BCUT2D eigenvalue weighted by Gasteiger charge is 2.31. The molecule has 0 saturated carbocycles. The summed E-state index contributed by atoms with van der Waals surface area (Å²) in [5.74, 6) is -0.301. The topological polar surface area (TPSA) is 40.6 Å². The second-order valence-corrected chi connectivity index (χ2v) is 12.1. The van der Waals surface area contributed by atoms with Gasteiger partial charge in [0.25, 0.3) is 0 Å². The van der Waals surface area contributed by atoms with Gasteiger partial charge in [-0.15, -0.1) is 0 Å². The zero-order valence-electron chi connectivity index (χ0n) is 28.1. The summed E-state index contributed by atoms with van der Waals surface area (Å²) >= 11 is 0. The number of hydrogen-bond acceptors (Lipinski definition) is 4.